The zero-order valence-electron chi connectivity index (χ0n) is 14.1. The average molecular weight is 328 g/mol. The Hall–Kier alpha value is -2.10. The molecule has 1 aromatic rings. The van der Waals surface area contributed by atoms with Gasteiger partial charge in [0.1, 0.15) is 17.6 Å². The van der Waals surface area contributed by atoms with Gasteiger partial charge in [0, 0.05) is 5.92 Å². The highest BCUT2D eigenvalue weighted by Crippen LogP contribution is 2.61. The third-order valence-electron chi connectivity index (χ3n) is 5.71. The van der Waals surface area contributed by atoms with E-state index in [9.17, 15) is 9.59 Å². The summed E-state index contributed by atoms with van der Waals surface area (Å²) in [5.74, 6) is -0.455. The van der Waals surface area contributed by atoms with Crippen LogP contribution in [0, 0.1) is 11.3 Å². The second kappa shape index (κ2) is 6.42. The lowest BCUT2D eigenvalue weighted by molar-refractivity contribution is -0.172. The molecule has 1 aromatic carbocycles. The van der Waals surface area contributed by atoms with Gasteiger partial charge in [-0.15, -0.1) is 6.58 Å². The Labute approximate surface area is 142 Å². The first kappa shape index (κ1) is 16.7. The summed E-state index contributed by atoms with van der Waals surface area (Å²) in [5.41, 5.74) is -0.650. The molecule has 3 rings (SSSR count). The molecular weight excluding hydrogens is 304 g/mol. The van der Waals surface area contributed by atoms with Gasteiger partial charge in [-0.25, -0.2) is 0 Å². The van der Waals surface area contributed by atoms with E-state index in [1.165, 1.54) is 0 Å². The van der Waals surface area contributed by atoms with E-state index in [1.807, 2.05) is 43.3 Å². The van der Waals surface area contributed by atoms with Gasteiger partial charge in [-0.3, -0.25) is 9.59 Å². The Morgan fingerprint density at radius 1 is 1.42 bits per heavy atom. The predicted molar refractivity (Wildman–Crippen MR) is 89.9 cm³/mol. The fourth-order valence-electron chi connectivity index (χ4n) is 4.58. The number of hydrogen-bond acceptors (Lipinski definition) is 4. The summed E-state index contributed by atoms with van der Waals surface area (Å²) < 4.78 is 11.4. The van der Waals surface area contributed by atoms with Crippen molar-refractivity contribution in [2.45, 2.75) is 51.2 Å². The molecule has 1 saturated carbocycles. The number of rotatable bonds is 6. The van der Waals surface area contributed by atoms with E-state index < -0.39 is 11.0 Å². The summed E-state index contributed by atoms with van der Waals surface area (Å²) >= 11 is 0. The molecule has 1 heterocycles. The summed E-state index contributed by atoms with van der Waals surface area (Å²) in [6, 6.07) is 9.59. The maximum Gasteiger partial charge on any atom is 0.317 e. The van der Waals surface area contributed by atoms with E-state index in [4.69, 9.17) is 9.47 Å². The maximum atomic E-state index is 13.0. The van der Waals surface area contributed by atoms with Gasteiger partial charge in [0.05, 0.1) is 6.42 Å². The number of ether oxygens (including phenoxy) is 2. The number of carbonyl (C=O) groups excluding carboxylic acids is 2. The van der Waals surface area contributed by atoms with Crippen LogP contribution in [-0.2, 0) is 25.7 Å². The molecule has 0 bridgehead atoms. The Balaban J connectivity index is 1.84. The van der Waals surface area contributed by atoms with Gasteiger partial charge < -0.3 is 9.47 Å². The second-order valence-electron chi connectivity index (χ2n) is 6.80. The van der Waals surface area contributed by atoms with Crippen molar-refractivity contribution in [3.63, 3.8) is 0 Å². The summed E-state index contributed by atoms with van der Waals surface area (Å²) in [6.45, 7) is 6.02. The number of hydrogen-bond donors (Lipinski definition) is 0. The van der Waals surface area contributed by atoms with Crippen LogP contribution in [0.15, 0.2) is 43.0 Å². The lowest BCUT2D eigenvalue weighted by Gasteiger charge is -2.39. The highest BCUT2D eigenvalue weighted by molar-refractivity contribution is 5.89. The number of benzene rings is 1. The van der Waals surface area contributed by atoms with E-state index in [-0.39, 0.29) is 30.9 Å². The fourth-order valence-corrected chi connectivity index (χ4v) is 4.58. The van der Waals surface area contributed by atoms with Crippen molar-refractivity contribution >= 4 is 11.9 Å². The summed E-state index contributed by atoms with van der Waals surface area (Å²) in [5, 5.41) is 0. The third-order valence-corrected chi connectivity index (χ3v) is 5.71. The number of carbonyl (C=O) groups is 2. The van der Waals surface area contributed by atoms with E-state index in [0.717, 1.165) is 18.4 Å². The first-order chi connectivity index (χ1) is 11.6. The van der Waals surface area contributed by atoms with Gasteiger partial charge in [0.15, 0.2) is 0 Å². The van der Waals surface area contributed by atoms with E-state index >= 15 is 0 Å². The summed E-state index contributed by atoms with van der Waals surface area (Å²) in [4.78, 5) is 25.1. The standard InChI is InChI=1S/C20H24O4/c1-3-8-16-11-12-19(13-17(21)24-20(16,19)4-2)18(22)23-14-15-9-6-5-7-10-15/h3,5-7,9-10,16H,1,4,8,11-14H2,2H3/t16-,19?,20+/m1/s1. The topological polar surface area (TPSA) is 52.6 Å². The van der Waals surface area contributed by atoms with E-state index in [2.05, 4.69) is 6.58 Å². The molecule has 2 fully saturated rings. The summed E-state index contributed by atoms with van der Waals surface area (Å²) in [6.07, 6.45) is 4.83. The lowest BCUT2D eigenvalue weighted by Crippen LogP contribution is -2.50. The first-order valence-corrected chi connectivity index (χ1v) is 8.62. The number of esters is 2. The van der Waals surface area contributed by atoms with Gasteiger partial charge in [0.2, 0.25) is 0 Å². The molecule has 24 heavy (non-hydrogen) atoms. The van der Waals surface area contributed by atoms with Crippen LogP contribution in [0.25, 0.3) is 0 Å². The largest absolute Gasteiger partial charge is 0.460 e. The van der Waals surface area contributed by atoms with Gasteiger partial charge in [-0.05, 0) is 31.2 Å². The highest BCUT2D eigenvalue weighted by Gasteiger charge is 2.70. The number of allylic oxidation sites excluding steroid dienone is 1. The van der Waals surface area contributed by atoms with Crippen molar-refractivity contribution in [3.05, 3.63) is 48.6 Å². The van der Waals surface area contributed by atoms with Crippen LogP contribution in [-0.4, -0.2) is 17.5 Å². The van der Waals surface area contributed by atoms with Crippen molar-refractivity contribution in [2.24, 2.45) is 11.3 Å². The van der Waals surface area contributed by atoms with Crippen LogP contribution < -0.4 is 0 Å². The molecule has 0 spiro atoms. The summed E-state index contributed by atoms with van der Waals surface area (Å²) in [7, 11) is 0. The normalized spacial score (nSPS) is 31.4. The SMILES string of the molecule is C=CC[C@@H]1CCC2(C(=O)OCc3ccccc3)CC(=O)O[C@@]12CC. The molecule has 1 unspecified atom stereocenters. The molecule has 3 atom stereocenters. The van der Waals surface area contributed by atoms with E-state index in [1.54, 1.807) is 0 Å². The Morgan fingerprint density at radius 2 is 2.17 bits per heavy atom. The minimum Gasteiger partial charge on any atom is -0.460 e. The molecular formula is C20H24O4. The Morgan fingerprint density at radius 3 is 2.83 bits per heavy atom. The lowest BCUT2D eigenvalue weighted by atomic mass is 9.69. The molecule has 1 saturated heterocycles. The van der Waals surface area contributed by atoms with Gasteiger partial charge >= 0.3 is 11.9 Å². The van der Waals surface area contributed by atoms with Gasteiger partial charge in [-0.2, -0.15) is 0 Å². The molecule has 2 aliphatic rings. The van der Waals surface area contributed by atoms with Gasteiger partial charge in [0.25, 0.3) is 0 Å². The quantitative estimate of drug-likeness (QED) is 0.589. The molecule has 1 aliphatic heterocycles. The van der Waals surface area contributed by atoms with Crippen molar-refractivity contribution in [3.8, 4) is 0 Å². The van der Waals surface area contributed by atoms with Crippen LogP contribution in [0.1, 0.15) is 44.6 Å². The Kier molecular flexibility index (Phi) is 4.48. The molecule has 4 heteroatoms. The fraction of sp³-hybridized carbons (Fsp3) is 0.500. The van der Waals surface area contributed by atoms with Gasteiger partial charge in [-0.1, -0.05) is 43.3 Å². The van der Waals surface area contributed by atoms with Crippen molar-refractivity contribution in [1.82, 2.24) is 0 Å². The van der Waals surface area contributed by atoms with Crippen LogP contribution in [0.3, 0.4) is 0 Å². The zero-order chi connectivity index (χ0) is 17.2. The van der Waals surface area contributed by atoms with Crippen molar-refractivity contribution in [2.75, 3.05) is 0 Å². The predicted octanol–water partition coefficient (Wildman–Crippen LogP) is 3.80. The van der Waals surface area contributed by atoms with E-state index in [0.29, 0.717) is 12.8 Å². The van der Waals surface area contributed by atoms with Crippen LogP contribution in [0.4, 0.5) is 0 Å². The minimum atomic E-state index is -0.846. The second-order valence-corrected chi connectivity index (χ2v) is 6.80. The molecule has 0 amide bonds. The molecule has 128 valence electrons. The average Bonchev–Trinajstić information content (AvgIpc) is 3.05. The minimum absolute atomic E-state index is 0.127. The first-order valence-electron chi connectivity index (χ1n) is 8.62. The van der Waals surface area contributed by atoms with Crippen molar-refractivity contribution in [1.29, 1.82) is 0 Å². The monoisotopic (exact) mass is 328 g/mol. The third kappa shape index (κ3) is 2.45. The van der Waals surface area contributed by atoms with Crippen LogP contribution in [0.2, 0.25) is 0 Å². The highest BCUT2D eigenvalue weighted by atomic mass is 16.6. The van der Waals surface area contributed by atoms with Crippen molar-refractivity contribution < 1.29 is 19.1 Å². The maximum absolute atomic E-state index is 13.0. The van der Waals surface area contributed by atoms with Crippen LogP contribution >= 0.6 is 0 Å². The molecule has 0 aromatic heterocycles. The molecule has 4 nitrogen and oxygen atoms in total. The van der Waals surface area contributed by atoms with Crippen LogP contribution in [0.5, 0.6) is 0 Å². The molecule has 0 radical (unpaired) electrons. The zero-order valence-corrected chi connectivity index (χ0v) is 14.1. The molecule has 1 aliphatic carbocycles. The Bertz CT molecular complexity index is 638. The number of fused-ring (bicyclic) bond motifs is 1. The smallest absolute Gasteiger partial charge is 0.317 e. The molecule has 0 N–H and O–H groups in total.